The first-order valence-corrected chi connectivity index (χ1v) is 5.77. The van der Waals surface area contributed by atoms with Gasteiger partial charge in [-0.1, -0.05) is 45.7 Å². The van der Waals surface area contributed by atoms with Crippen LogP contribution in [0.25, 0.3) is 11.1 Å². The Hall–Kier alpha value is -0.790. The zero-order valence-electron chi connectivity index (χ0n) is 8.22. The van der Waals surface area contributed by atoms with E-state index in [2.05, 4.69) is 28.1 Å². The molecule has 0 aliphatic rings. The van der Waals surface area contributed by atoms with E-state index in [1.54, 1.807) is 0 Å². The first kappa shape index (κ1) is 10.7. The Labute approximate surface area is 103 Å². The molecule has 0 aliphatic heterocycles. The summed E-state index contributed by atoms with van der Waals surface area (Å²) in [7, 11) is 0. The van der Waals surface area contributed by atoms with Crippen molar-refractivity contribution in [3.05, 3.63) is 57.5 Å². The van der Waals surface area contributed by atoms with Crippen LogP contribution < -0.4 is 0 Å². The fraction of sp³-hybridized carbons (Fsp3) is 0.0769. The Morgan fingerprint density at radius 3 is 2.73 bits per heavy atom. The molecule has 2 aromatic carbocycles. The van der Waals surface area contributed by atoms with Gasteiger partial charge in [-0.3, -0.25) is 0 Å². The molecule has 0 bridgehead atoms. The Bertz CT molecular complexity index is 492. The second kappa shape index (κ2) is 4.38. The van der Waals surface area contributed by atoms with E-state index in [1.165, 1.54) is 0 Å². The average Bonchev–Trinajstić information content (AvgIpc) is 2.22. The molecule has 0 aliphatic carbocycles. The predicted molar refractivity (Wildman–Crippen MR) is 68.2 cm³/mol. The van der Waals surface area contributed by atoms with E-state index in [4.69, 9.17) is 11.6 Å². The molecule has 0 nitrogen and oxygen atoms in total. The molecular formula is C13H9BrCl. The fourth-order valence-corrected chi connectivity index (χ4v) is 2.06. The predicted octanol–water partition coefficient (Wildman–Crippen LogP) is 4.88. The largest absolute Gasteiger partial charge is 0.0837 e. The van der Waals surface area contributed by atoms with E-state index in [0.717, 1.165) is 26.2 Å². The number of hydrogen-bond donors (Lipinski definition) is 0. The summed E-state index contributed by atoms with van der Waals surface area (Å²) in [5.74, 6) is 0. The zero-order chi connectivity index (χ0) is 10.8. The van der Waals surface area contributed by atoms with Crippen molar-refractivity contribution < 1.29 is 0 Å². The van der Waals surface area contributed by atoms with Crippen molar-refractivity contribution >= 4 is 27.5 Å². The SMILES string of the molecule is Cc1[c]ccc(-c2cc(Br)ccc2Cl)c1. The van der Waals surface area contributed by atoms with Crippen molar-refractivity contribution in [2.45, 2.75) is 6.92 Å². The lowest BCUT2D eigenvalue weighted by Crippen LogP contribution is -1.81. The third-order valence-corrected chi connectivity index (χ3v) is 3.01. The minimum atomic E-state index is 0.767. The lowest BCUT2D eigenvalue weighted by atomic mass is 10.0. The van der Waals surface area contributed by atoms with Gasteiger partial charge >= 0.3 is 0 Å². The number of benzene rings is 2. The van der Waals surface area contributed by atoms with Crippen LogP contribution in [-0.4, -0.2) is 0 Å². The molecule has 0 saturated carbocycles. The first-order valence-electron chi connectivity index (χ1n) is 4.60. The summed E-state index contributed by atoms with van der Waals surface area (Å²) in [5.41, 5.74) is 3.28. The van der Waals surface area contributed by atoms with Crippen LogP contribution in [0, 0.1) is 13.0 Å². The van der Waals surface area contributed by atoms with Crippen LogP contribution in [-0.2, 0) is 0 Å². The van der Waals surface area contributed by atoms with Crippen LogP contribution in [0.4, 0.5) is 0 Å². The molecule has 2 aromatic rings. The molecular weight excluding hydrogens is 272 g/mol. The molecule has 1 radical (unpaired) electrons. The third kappa shape index (κ3) is 2.42. The Balaban J connectivity index is 2.58. The van der Waals surface area contributed by atoms with Gasteiger partial charge in [0.1, 0.15) is 0 Å². The summed E-state index contributed by atoms with van der Waals surface area (Å²) in [6, 6.07) is 15.0. The van der Waals surface area contributed by atoms with Crippen molar-refractivity contribution in [2.24, 2.45) is 0 Å². The van der Waals surface area contributed by atoms with Gasteiger partial charge in [0.05, 0.1) is 0 Å². The molecule has 0 spiro atoms. The quantitative estimate of drug-likeness (QED) is 0.698. The van der Waals surface area contributed by atoms with Gasteiger partial charge in [-0.05, 0) is 42.3 Å². The van der Waals surface area contributed by atoms with Gasteiger partial charge in [0.2, 0.25) is 0 Å². The number of aryl methyl sites for hydroxylation is 1. The Kier molecular flexibility index (Phi) is 3.13. The maximum atomic E-state index is 6.15. The van der Waals surface area contributed by atoms with Gasteiger partial charge in [-0.25, -0.2) is 0 Å². The molecule has 2 heteroatoms. The molecule has 0 fully saturated rings. The van der Waals surface area contributed by atoms with Crippen LogP contribution in [0.1, 0.15) is 5.56 Å². The molecule has 2 rings (SSSR count). The highest BCUT2D eigenvalue weighted by Crippen LogP contribution is 2.30. The molecule has 15 heavy (non-hydrogen) atoms. The number of rotatable bonds is 1. The maximum absolute atomic E-state index is 6.15. The topological polar surface area (TPSA) is 0 Å². The smallest absolute Gasteiger partial charge is 0.0485 e. The van der Waals surface area contributed by atoms with Gasteiger partial charge in [-0.15, -0.1) is 0 Å². The highest BCUT2D eigenvalue weighted by atomic mass is 79.9. The molecule has 0 N–H and O–H groups in total. The Morgan fingerprint density at radius 1 is 1.20 bits per heavy atom. The molecule has 0 amide bonds. The van der Waals surface area contributed by atoms with Crippen LogP contribution in [0.15, 0.2) is 40.9 Å². The summed E-state index contributed by atoms with van der Waals surface area (Å²) < 4.78 is 1.03. The zero-order valence-corrected chi connectivity index (χ0v) is 10.6. The van der Waals surface area contributed by atoms with Gasteiger partial charge < -0.3 is 0 Å². The summed E-state index contributed by atoms with van der Waals surface area (Å²) in [4.78, 5) is 0. The summed E-state index contributed by atoms with van der Waals surface area (Å²) in [6.45, 7) is 2.02. The molecule has 0 saturated heterocycles. The minimum absolute atomic E-state index is 0.767. The molecule has 0 heterocycles. The highest BCUT2D eigenvalue weighted by Gasteiger charge is 2.03. The summed E-state index contributed by atoms with van der Waals surface area (Å²) >= 11 is 9.60. The van der Waals surface area contributed by atoms with Crippen LogP contribution in [0.3, 0.4) is 0 Å². The van der Waals surface area contributed by atoms with Crippen molar-refractivity contribution in [2.75, 3.05) is 0 Å². The number of hydrogen-bond acceptors (Lipinski definition) is 0. The maximum Gasteiger partial charge on any atom is 0.0485 e. The third-order valence-electron chi connectivity index (χ3n) is 2.19. The number of halogens is 2. The normalized spacial score (nSPS) is 10.3. The lowest BCUT2D eigenvalue weighted by molar-refractivity contribution is 1.45. The van der Waals surface area contributed by atoms with Crippen LogP contribution in [0.5, 0.6) is 0 Å². The lowest BCUT2D eigenvalue weighted by Gasteiger charge is -2.05. The highest BCUT2D eigenvalue weighted by molar-refractivity contribution is 9.10. The van der Waals surface area contributed by atoms with Crippen molar-refractivity contribution in [3.8, 4) is 11.1 Å². The minimum Gasteiger partial charge on any atom is -0.0837 e. The molecule has 0 aromatic heterocycles. The second-order valence-corrected chi connectivity index (χ2v) is 4.71. The van der Waals surface area contributed by atoms with E-state index in [1.807, 2.05) is 37.3 Å². The van der Waals surface area contributed by atoms with E-state index < -0.39 is 0 Å². The van der Waals surface area contributed by atoms with Gasteiger partial charge in [0.15, 0.2) is 0 Å². The molecule has 0 unspecified atom stereocenters. The standard InChI is InChI=1S/C13H9BrCl/c1-9-3-2-4-10(7-9)12-8-11(14)5-6-13(12)15/h2,4-8H,1H3. The summed E-state index contributed by atoms with van der Waals surface area (Å²) in [6.07, 6.45) is 0. The van der Waals surface area contributed by atoms with E-state index in [-0.39, 0.29) is 0 Å². The van der Waals surface area contributed by atoms with E-state index in [9.17, 15) is 0 Å². The monoisotopic (exact) mass is 279 g/mol. The van der Waals surface area contributed by atoms with Crippen molar-refractivity contribution in [1.29, 1.82) is 0 Å². The van der Waals surface area contributed by atoms with Crippen LogP contribution >= 0.6 is 27.5 Å². The van der Waals surface area contributed by atoms with Crippen molar-refractivity contribution in [3.63, 3.8) is 0 Å². The molecule has 75 valence electrons. The first-order chi connectivity index (χ1) is 7.16. The average molecular weight is 281 g/mol. The van der Waals surface area contributed by atoms with Gasteiger partial charge in [0, 0.05) is 15.1 Å². The summed E-state index contributed by atoms with van der Waals surface area (Å²) in [5, 5.41) is 0.767. The fourth-order valence-electron chi connectivity index (χ4n) is 1.47. The van der Waals surface area contributed by atoms with Gasteiger partial charge in [0.25, 0.3) is 0 Å². The Morgan fingerprint density at radius 2 is 2.00 bits per heavy atom. The van der Waals surface area contributed by atoms with Crippen molar-refractivity contribution in [1.82, 2.24) is 0 Å². The van der Waals surface area contributed by atoms with Crippen LogP contribution in [0.2, 0.25) is 5.02 Å². The molecule has 0 atom stereocenters. The van der Waals surface area contributed by atoms with Gasteiger partial charge in [-0.2, -0.15) is 0 Å². The van der Waals surface area contributed by atoms with E-state index in [0.29, 0.717) is 0 Å². The van der Waals surface area contributed by atoms with E-state index >= 15 is 0 Å². The second-order valence-electron chi connectivity index (χ2n) is 3.38.